The Morgan fingerprint density at radius 2 is 0.764 bits per heavy atom. The summed E-state index contributed by atoms with van der Waals surface area (Å²) in [5, 5.41) is 54.5. The van der Waals surface area contributed by atoms with E-state index < -0.39 is 49.5 Å². The molecule has 1 rings (SSSR count). The normalized spacial score (nSPS) is 19.1. The van der Waals surface area contributed by atoms with E-state index in [4.69, 9.17) is 9.47 Å². The summed E-state index contributed by atoms with van der Waals surface area (Å²) in [4.78, 5) is 13.1. The number of amides is 1. The number of allylic oxidation sites excluding steroid dienone is 1. The second-order valence-electron chi connectivity index (χ2n) is 22.6. The molecule has 0 aromatic carbocycles. The summed E-state index contributed by atoms with van der Waals surface area (Å²) in [6.07, 6.45) is 60.2. The largest absolute Gasteiger partial charge is 0.394 e. The fourth-order valence-electron chi connectivity index (χ4n) is 10.6. The SMILES string of the molecule is CCCCCCCCCCCCCCCC/C=C/[C@@H](O)[C@H](CO[C@@H]1O[C@H](CO)[C@H](O)C(O)C1O)NC(=O)CCCCCCCCCCCCCCCCCCCCCCCCCCCCCCCCCCC. The maximum Gasteiger partial charge on any atom is 0.220 e. The summed E-state index contributed by atoms with van der Waals surface area (Å²) in [6.45, 7) is 3.82. The van der Waals surface area contributed by atoms with Crippen molar-refractivity contribution < 1.29 is 39.8 Å². The van der Waals surface area contributed by atoms with Crippen LogP contribution in [-0.4, -0.2) is 87.5 Å². The van der Waals surface area contributed by atoms with Gasteiger partial charge in [-0.15, -0.1) is 0 Å². The number of rotatable bonds is 56. The van der Waals surface area contributed by atoms with Crippen molar-refractivity contribution in [2.75, 3.05) is 13.2 Å². The molecule has 2 unspecified atom stereocenters. The Balaban J connectivity index is 2.09. The van der Waals surface area contributed by atoms with Crippen LogP contribution in [0.15, 0.2) is 12.2 Å². The molecule has 0 bridgehead atoms. The van der Waals surface area contributed by atoms with Gasteiger partial charge in [0, 0.05) is 6.42 Å². The molecule has 0 aromatic rings. The number of hydrogen-bond acceptors (Lipinski definition) is 8. The van der Waals surface area contributed by atoms with Crippen LogP contribution in [0.1, 0.15) is 328 Å². The van der Waals surface area contributed by atoms with Crippen LogP contribution in [0.3, 0.4) is 0 Å². The smallest absolute Gasteiger partial charge is 0.220 e. The molecule has 1 fully saturated rings. The highest BCUT2D eigenvalue weighted by Gasteiger charge is 2.44. The highest BCUT2D eigenvalue weighted by atomic mass is 16.7. The Bertz CT molecular complexity index is 1140. The van der Waals surface area contributed by atoms with Crippen molar-refractivity contribution in [1.29, 1.82) is 0 Å². The quantitative estimate of drug-likeness (QED) is 0.0261. The number of unbranched alkanes of at least 4 members (excludes halogenated alkanes) is 46. The molecule has 1 heterocycles. The summed E-state index contributed by atoms with van der Waals surface area (Å²) in [5.74, 6) is -0.169. The van der Waals surface area contributed by atoms with Gasteiger partial charge in [-0.25, -0.2) is 0 Å². The van der Waals surface area contributed by atoms with Crippen LogP contribution in [0, 0.1) is 0 Å². The Labute approximate surface area is 446 Å². The minimum Gasteiger partial charge on any atom is -0.394 e. The van der Waals surface area contributed by atoms with E-state index in [9.17, 15) is 30.3 Å². The highest BCUT2D eigenvalue weighted by molar-refractivity contribution is 5.76. The van der Waals surface area contributed by atoms with E-state index in [1.165, 1.54) is 270 Å². The van der Waals surface area contributed by atoms with E-state index in [0.717, 1.165) is 38.5 Å². The number of aliphatic hydroxyl groups excluding tert-OH is 5. The Morgan fingerprint density at radius 3 is 1.08 bits per heavy atom. The van der Waals surface area contributed by atoms with Crippen molar-refractivity contribution in [1.82, 2.24) is 5.32 Å². The first-order valence-electron chi connectivity index (χ1n) is 31.9. The number of nitrogens with one attached hydrogen (secondary N) is 1. The lowest BCUT2D eigenvalue weighted by molar-refractivity contribution is -0.302. The van der Waals surface area contributed by atoms with Gasteiger partial charge in [-0.2, -0.15) is 0 Å². The zero-order chi connectivity index (χ0) is 52.2. The van der Waals surface area contributed by atoms with E-state index in [-0.39, 0.29) is 12.5 Å². The second kappa shape index (κ2) is 53.3. The average Bonchev–Trinajstić information content (AvgIpc) is 3.38. The molecular formula is C63H123NO8. The summed E-state index contributed by atoms with van der Waals surface area (Å²) >= 11 is 0. The minimum absolute atomic E-state index is 0.169. The van der Waals surface area contributed by atoms with Crippen molar-refractivity contribution in [3.05, 3.63) is 12.2 Å². The van der Waals surface area contributed by atoms with E-state index in [1.807, 2.05) is 6.08 Å². The molecule has 9 heteroatoms. The van der Waals surface area contributed by atoms with Gasteiger partial charge in [0.05, 0.1) is 25.4 Å². The van der Waals surface area contributed by atoms with Crippen LogP contribution < -0.4 is 5.32 Å². The van der Waals surface area contributed by atoms with Crippen molar-refractivity contribution in [2.45, 2.75) is 371 Å². The number of aliphatic hydroxyl groups is 5. The number of carbonyl (C=O) groups is 1. The van der Waals surface area contributed by atoms with Crippen LogP contribution in [0.2, 0.25) is 0 Å². The first kappa shape index (κ1) is 68.9. The van der Waals surface area contributed by atoms with Gasteiger partial charge < -0.3 is 40.3 Å². The molecule has 0 saturated carbocycles. The third kappa shape index (κ3) is 42.1. The average molecular weight is 1020 g/mol. The molecule has 428 valence electrons. The first-order valence-corrected chi connectivity index (χ1v) is 31.9. The summed E-state index contributed by atoms with van der Waals surface area (Å²) in [6, 6.07) is -0.800. The van der Waals surface area contributed by atoms with Gasteiger partial charge in [0.1, 0.15) is 24.4 Å². The number of hydrogen-bond donors (Lipinski definition) is 6. The molecule has 0 radical (unpaired) electrons. The minimum atomic E-state index is -1.56. The monoisotopic (exact) mass is 1020 g/mol. The van der Waals surface area contributed by atoms with Gasteiger partial charge in [-0.3, -0.25) is 4.79 Å². The van der Waals surface area contributed by atoms with Crippen LogP contribution in [0.25, 0.3) is 0 Å². The van der Waals surface area contributed by atoms with Crippen LogP contribution >= 0.6 is 0 Å². The summed E-state index contributed by atoms with van der Waals surface area (Å²) in [5.41, 5.74) is 0. The van der Waals surface area contributed by atoms with Crippen molar-refractivity contribution in [3.63, 3.8) is 0 Å². The van der Waals surface area contributed by atoms with Crippen molar-refractivity contribution in [3.8, 4) is 0 Å². The molecule has 1 saturated heterocycles. The lowest BCUT2D eigenvalue weighted by Crippen LogP contribution is -2.60. The predicted molar refractivity (Wildman–Crippen MR) is 304 cm³/mol. The van der Waals surface area contributed by atoms with Gasteiger partial charge in [0.2, 0.25) is 5.91 Å². The predicted octanol–water partition coefficient (Wildman–Crippen LogP) is 16.4. The standard InChI is InChI=1S/C63H123NO8/c1-3-5-7-9-11-13-15-17-19-21-22-23-24-25-26-27-28-29-30-31-32-33-34-35-36-37-39-41-43-45-47-49-51-53-59(67)64-56(55-71-63-62(70)61(69)60(68)58(54-65)72-63)57(66)52-50-48-46-44-42-40-38-20-18-16-14-12-10-8-6-4-2/h50,52,56-58,60-63,65-66,68-70H,3-49,51,53-55H2,1-2H3,(H,64,67)/b52-50+/t56-,57+,58+,60-,61?,62?,63+/m0/s1. The van der Waals surface area contributed by atoms with E-state index in [2.05, 4.69) is 19.2 Å². The molecule has 72 heavy (non-hydrogen) atoms. The summed E-state index contributed by atoms with van der Waals surface area (Å²) < 4.78 is 11.3. The zero-order valence-electron chi connectivity index (χ0n) is 47.7. The van der Waals surface area contributed by atoms with Crippen LogP contribution in [-0.2, 0) is 14.3 Å². The number of ether oxygens (including phenoxy) is 2. The molecule has 9 nitrogen and oxygen atoms in total. The molecule has 0 spiro atoms. The molecule has 1 aliphatic rings. The van der Waals surface area contributed by atoms with Crippen LogP contribution in [0.5, 0.6) is 0 Å². The van der Waals surface area contributed by atoms with Gasteiger partial charge in [0.15, 0.2) is 6.29 Å². The van der Waals surface area contributed by atoms with Crippen LogP contribution in [0.4, 0.5) is 0 Å². The Hall–Kier alpha value is -1.07. The zero-order valence-corrected chi connectivity index (χ0v) is 47.7. The number of carbonyl (C=O) groups excluding carboxylic acids is 1. The van der Waals surface area contributed by atoms with Gasteiger partial charge in [-0.05, 0) is 19.3 Å². The van der Waals surface area contributed by atoms with E-state index >= 15 is 0 Å². The molecule has 0 aromatic heterocycles. The van der Waals surface area contributed by atoms with Crippen molar-refractivity contribution >= 4 is 5.91 Å². The molecule has 6 N–H and O–H groups in total. The van der Waals surface area contributed by atoms with Gasteiger partial charge in [0.25, 0.3) is 0 Å². The Kier molecular flexibility index (Phi) is 51.1. The highest BCUT2D eigenvalue weighted by Crippen LogP contribution is 2.23. The van der Waals surface area contributed by atoms with Gasteiger partial charge >= 0.3 is 0 Å². The molecule has 1 amide bonds. The fourth-order valence-corrected chi connectivity index (χ4v) is 10.6. The van der Waals surface area contributed by atoms with Gasteiger partial charge in [-0.1, -0.05) is 315 Å². The first-order chi connectivity index (χ1) is 35.3. The molecule has 7 atom stereocenters. The summed E-state index contributed by atoms with van der Waals surface area (Å²) in [7, 11) is 0. The second-order valence-corrected chi connectivity index (χ2v) is 22.6. The Morgan fingerprint density at radius 1 is 0.458 bits per heavy atom. The topological polar surface area (TPSA) is 149 Å². The van der Waals surface area contributed by atoms with E-state index in [1.54, 1.807) is 6.08 Å². The third-order valence-electron chi connectivity index (χ3n) is 15.6. The maximum absolute atomic E-state index is 13.1. The molecule has 1 aliphatic heterocycles. The fraction of sp³-hybridized carbons (Fsp3) is 0.952. The lowest BCUT2D eigenvalue weighted by Gasteiger charge is -2.40. The van der Waals surface area contributed by atoms with E-state index in [0.29, 0.717) is 6.42 Å². The van der Waals surface area contributed by atoms with Crippen molar-refractivity contribution in [2.24, 2.45) is 0 Å². The maximum atomic E-state index is 13.1. The molecular weight excluding hydrogens is 899 g/mol. The molecule has 0 aliphatic carbocycles. The lowest BCUT2D eigenvalue weighted by atomic mass is 9.99. The third-order valence-corrected chi connectivity index (χ3v) is 15.6.